The SMILES string of the molecule is CCOc1ccc(NC(=O)N2CCN(S(=O)(=O)C3CC3)CC2)cc1. The van der Waals surface area contributed by atoms with Gasteiger partial charge in [0, 0.05) is 31.9 Å². The molecule has 0 atom stereocenters. The van der Waals surface area contributed by atoms with E-state index in [4.69, 9.17) is 4.74 Å². The second-order valence-electron chi connectivity index (χ2n) is 6.02. The van der Waals surface area contributed by atoms with Crippen LogP contribution in [0.3, 0.4) is 0 Å². The van der Waals surface area contributed by atoms with Gasteiger partial charge in [-0.2, -0.15) is 4.31 Å². The molecule has 1 N–H and O–H groups in total. The van der Waals surface area contributed by atoms with Crippen LogP contribution in [0.4, 0.5) is 10.5 Å². The summed E-state index contributed by atoms with van der Waals surface area (Å²) in [7, 11) is -3.15. The molecule has 1 aromatic carbocycles. The van der Waals surface area contributed by atoms with Crippen LogP contribution in [-0.2, 0) is 10.0 Å². The molecule has 3 rings (SSSR count). The van der Waals surface area contributed by atoms with Crippen LogP contribution in [0.2, 0.25) is 0 Å². The number of urea groups is 1. The number of amides is 2. The lowest BCUT2D eigenvalue weighted by atomic mass is 10.3. The quantitative estimate of drug-likeness (QED) is 0.874. The Hall–Kier alpha value is -1.80. The van der Waals surface area contributed by atoms with Gasteiger partial charge in [-0.1, -0.05) is 0 Å². The normalized spacial score (nSPS) is 19.1. The van der Waals surface area contributed by atoms with E-state index in [9.17, 15) is 13.2 Å². The predicted molar refractivity (Wildman–Crippen MR) is 91.7 cm³/mol. The second-order valence-corrected chi connectivity index (χ2v) is 8.23. The van der Waals surface area contributed by atoms with Gasteiger partial charge in [0.05, 0.1) is 11.9 Å². The molecule has 2 aliphatic rings. The smallest absolute Gasteiger partial charge is 0.321 e. The van der Waals surface area contributed by atoms with Crippen LogP contribution < -0.4 is 10.1 Å². The molecule has 24 heavy (non-hydrogen) atoms. The Balaban J connectivity index is 1.51. The van der Waals surface area contributed by atoms with Crippen molar-refractivity contribution in [3.05, 3.63) is 24.3 Å². The third-order valence-corrected chi connectivity index (χ3v) is 6.65. The maximum absolute atomic E-state index is 12.3. The summed E-state index contributed by atoms with van der Waals surface area (Å²) in [5.74, 6) is 0.759. The van der Waals surface area contributed by atoms with Gasteiger partial charge in [0.15, 0.2) is 0 Å². The number of benzene rings is 1. The van der Waals surface area contributed by atoms with Gasteiger partial charge >= 0.3 is 6.03 Å². The van der Waals surface area contributed by atoms with Gasteiger partial charge in [-0.3, -0.25) is 0 Å². The molecule has 0 radical (unpaired) electrons. The molecule has 1 heterocycles. The first-order valence-electron chi connectivity index (χ1n) is 8.28. The monoisotopic (exact) mass is 353 g/mol. The summed E-state index contributed by atoms with van der Waals surface area (Å²) in [6.45, 7) is 4.08. The number of sulfonamides is 1. The molecule has 1 saturated heterocycles. The first-order valence-corrected chi connectivity index (χ1v) is 9.79. The number of anilines is 1. The molecule has 0 bridgehead atoms. The zero-order valence-corrected chi connectivity index (χ0v) is 14.6. The van der Waals surface area contributed by atoms with Crippen molar-refractivity contribution in [2.45, 2.75) is 25.0 Å². The van der Waals surface area contributed by atoms with Gasteiger partial charge in [-0.25, -0.2) is 13.2 Å². The van der Waals surface area contributed by atoms with E-state index in [1.165, 1.54) is 4.31 Å². The van der Waals surface area contributed by atoms with Gasteiger partial charge in [-0.05, 0) is 44.0 Å². The highest BCUT2D eigenvalue weighted by atomic mass is 32.2. The van der Waals surface area contributed by atoms with Crippen LogP contribution in [0.15, 0.2) is 24.3 Å². The summed E-state index contributed by atoms with van der Waals surface area (Å²) in [6.07, 6.45) is 1.53. The lowest BCUT2D eigenvalue weighted by molar-refractivity contribution is 0.184. The summed E-state index contributed by atoms with van der Waals surface area (Å²) in [5, 5.41) is 2.64. The topological polar surface area (TPSA) is 79.0 Å². The van der Waals surface area contributed by atoms with Gasteiger partial charge in [-0.15, -0.1) is 0 Å². The molecule has 132 valence electrons. The second kappa shape index (κ2) is 6.98. The Bertz CT molecular complexity index is 678. The predicted octanol–water partition coefficient (Wildman–Crippen LogP) is 1.73. The van der Waals surface area contributed by atoms with Crippen LogP contribution in [0.1, 0.15) is 19.8 Å². The number of carbonyl (C=O) groups is 1. The molecular weight excluding hydrogens is 330 g/mol. The van der Waals surface area contributed by atoms with Crippen molar-refractivity contribution in [2.24, 2.45) is 0 Å². The summed E-state index contributed by atoms with van der Waals surface area (Å²) in [6, 6.07) is 6.98. The van der Waals surface area contributed by atoms with E-state index in [0.717, 1.165) is 18.6 Å². The van der Waals surface area contributed by atoms with E-state index in [1.807, 2.05) is 6.92 Å². The van der Waals surface area contributed by atoms with Crippen molar-refractivity contribution < 1.29 is 17.9 Å². The van der Waals surface area contributed by atoms with Crippen molar-refractivity contribution >= 4 is 21.7 Å². The number of carbonyl (C=O) groups excluding carboxylic acids is 1. The van der Waals surface area contributed by atoms with Gasteiger partial charge in [0.1, 0.15) is 5.75 Å². The molecule has 1 aliphatic heterocycles. The van der Waals surface area contributed by atoms with Crippen molar-refractivity contribution in [1.82, 2.24) is 9.21 Å². The molecule has 2 fully saturated rings. The first-order chi connectivity index (χ1) is 11.5. The Morgan fingerprint density at radius 3 is 2.33 bits per heavy atom. The molecule has 0 spiro atoms. The summed E-state index contributed by atoms with van der Waals surface area (Å²) in [4.78, 5) is 13.9. The standard InChI is InChI=1S/C16H23N3O4S/c1-2-23-14-5-3-13(4-6-14)17-16(20)18-9-11-19(12-10-18)24(21,22)15-7-8-15/h3-6,15H,2,7-12H2,1H3,(H,17,20). The highest BCUT2D eigenvalue weighted by molar-refractivity contribution is 7.90. The maximum Gasteiger partial charge on any atom is 0.321 e. The molecule has 1 aliphatic carbocycles. The Morgan fingerprint density at radius 1 is 1.17 bits per heavy atom. The van der Waals surface area contributed by atoms with E-state index in [-0.39, 0.29) is 11.3 Å². The lowest BCUT2D eigenvalue weighted by Gasteiger charge is -2.34. The molecule has 0 unspecified atom stereocenters. The highest BCUT2D eigenvalue weighted by Gasteiger charge is 2.41. The zero-order chi connectivity index (χ0) is 17.2. The minimum Gasteiger partial charge on any atom is -0.494 e. The van der Waals surface area contributed by atoms with Crippen LogP contribution in [0, 0.1) is 0 Å². The van der Waals surface area contributed by atoms with E-state index in [2.05, 4.69) is 5.32 Å². The summed E-state index contributed by atoms with van der Waals surface area (Å²) < 4.78 is 31.3. The average molecular weight is 353 g/mol. The van der Waals surface area contributed by atoms with Crippen molar-refractivity contribution in [2.75, 3.05) is 38.1 Å². The number of nitrogens with one attached hydrogen (secondary N) is 1. The fraction of sp³-hybridized carbons (Fsp3) is 0.562. The molecule has 8 heteroatoms. The van der Waals surface area contributed by atoms with Crippen molar-refractivity contribution in [1.29, 1.82) is 0 Å². The van der Waals surface area contributed by atoms with Crippen molar-refractivity contribution in [3.63, 3.8) is 0 Å². The van der Waals surface area contributed by atoms with Crippen LogP contribution in [0.5, 0.6) is 5.75 Å². The van der Waals surface area contributed by atoms with Crippen LogP contribution >= 0.6 is 0 Å². The van der Waals surface area contributed by atoms with E-state index < -0.39 is 10.0 Å². The Morgan fingerprint density at radius 2 is 1.79 bits per heavy atom. The molecular formula is C16H23N3O4S. The fourth-order valence-corrected chi connectivity index (χ4v) is 4.55. The molecule has 1 saturated carbocycles. The molecule has 1 aromatic rings. The van der Waals surface area contributed by atoms with E-state index >= 15 is 0 Å². The highest BCUT2D eigenvalue weighted by Crippen LogP contribution is 2.31. The Kier molecular flexibility index (Phi) is 4.96. The number of rotatable bonds is 5. The van der Waals surface area contributed by atoms with Gasteiger partial charge < -0.3 is 15.0 Å². The number of piperazine rings is 1. The average Bonchev–Trinajstić information content (AvgIpc) is 3.42. The Labute approximate surface area is 142 Å². The first kappa shape index (κ1) is 17.0. The zero-order valence-electron chi connectivity index (χ0n) is 13.8. The van der Waals surface area contributed by atoms with Gasteiger partial charge in [0.25, 0.3) is 0 Å². The summed E-state index contributed by atoms with van der Waals surface area (Å²) in [5.41, 5.74) is 0.691. The summed E-state index contributed by atoms with van der Waals surface area (Å²) >= 11 is 0. The number of ether oxygens (including phenoxy) is 1. The number of hydrogen-bond donors (Lipinski definition) is 1. The minimum absolute atomic E-state index is 0.193. The number of nitrogens with zero attached hydrogens (tertiary/aromatic N) is 2. The third kappa shape index (κ3) is 3.81. The van der Waals surface area contributed by atoms with Crippen LogP contribution in [-0.4, -0.2) is 61.7 Å². The third-order valence-electron chi connectivity index (χ3n) is 4.25. The van der Waals surface area contributed by atoms with Gasteiger partial charge in [0.2, 0.25) is 10.0 Å². The van der Waals surface area contributed by atoms with Crippen molar-refractivity contribution in [3.8, 4) is 5.75 Å². The van der Waals surface area contributed by atoms with E-state index in [1.54, 1.807) is 29.2 Å². The largest absolute Gasteiger partial charge is 0.494 e. The van der Waals surface area contributed by atoms with E-state index in [0.29, 0.717) is 38.5 Å². The molecule has 2 amide bonds. The minimum atomic E-state index is -3.15. The molecule has 7 nitrogen and oxygen atoms in total. The fourth-order valence-electron chi connectivity index (χ4n) is 2.73. The maximum atomic E-state index is 12.3. The lowest BCUT2D eigenvalue weighted by Crippen LogP contribution is -2.52. The number of hydrogen-bond acceptors (Lipinski definition) is 4. The molecule has 0 aromatic heterocycles. The van der Waals surface area contributed by atoms with Crippen LogP contribution in [0.25, 0.3) is 0 Å².